The molecule has 0 saturated carbocycles. The Bertz CT molecular complexity index is 3300. The summed E-state index contributed by atoms with van der Waals surface area (Å²) in [6.07, 6.45) is 0.842. The Hall–Kier alpha value is -7.03. The molecule has 0 N–H and O–H groups in total. The van der Waals surface area contributed by atoms with Gasteiger partial charge in [-0.1, -0.05) is 165 Å². The van der Waals surface area contributed by atoms with Crippen LogP contribution in [-0.2, 0) is 6.42 Å². The molecule has 0 aliphatic heterocycles. The molecule has 1 aromatic heterocycles. The number of benzene rings is 10. The van der Waals surface area contributed by atoms with Crippen molar-refractivity contribution in [3.05, 3.63) is 194 Å². The molecule has 11 rings (SSSR count). The van der Waals surface area contributed by atoms with Gasteiger partial charge in [0, 0.05) is 11.8 Å². The molecule has 1 heterocycles. The summed E-state index contributed by atoms with van der Waals surface area (Å²) >= 11 is 0. The van der Waals surface area contributed by atoms with Crippen LogP contribution in [0.1, 0.15) is 12.7 Å². The first-order valence-electron chi connectivity index (χ1n) is 19.2. The third kappa shape index (κ3) is 4.92. The van der Waals surface area contributed by atoms with Gasteiger partial charge in [-0.15, -0.1) is 0 Å². The Kier molecular flexibility index (Phi) is 7.18. The SMILES string of the molecule is CCc1nc2ccccc2n1-c1ccc(-c2c3ccccc3c(-c3ccc4ccc5ccccc5c4c3)c3ccc(-c4ccccc4)cc23)c2ccccc12. The Morgan fingerprint density at radius 3 is 1.82 bits per heavy atom. The van der Waals surface area contributed by atoms with E-state index in [-0.39, 0.29) is 0 Å². The normalized spacial score (nSPS) is 11.8. The summed E-state index contributed by atoms with van der Waals surface area (Å²) in [7, 11) is 0. The summed E-state index contributed by atoms with van der Waals surface area (Å²) in [5.74, 6) is 1.06. The van der Waals surface area contributed by atoms with Gasteiger partial charge in [-0.3, -0.25) is 4.57 Å². The van der Waals surface area contributed by atoms with Gasteiger partial charge in [0.15, 0.2) is 0 Å². The van der Waals surface area contributed by atoms with Crippen molar-refractivity contribution < 1.29 is 0 Å². The van der Waals surface area contributed by atoms with Crippen LogP contribution in [0.3, 0.4) is 0 Å². The van der Waals surface area contributed by atoms with Crippen LogP contribution in [-0.4, -0.2) is 9.55 Å². The summed E-state index contributed by atoms with van der Waals surface area (Å²) in [6, 6.07) is 69.1. The van der Waals surface area contributed by atoms with Crippen molar-refractivity contribution >= 4 is 64.9 Å². The van der Waals surface area contributed by atoms with E-state index in [1.807, 2.05) is 0 Å². The van der Waals surface area contributed by atoms with E-state index in [0.717, 1.165) is 29.0 Å². The number of aromatic nitrogens is 2. The maximum Gasteiger partial charge on any atom is 0.114 e. The van der Waals surface area contributed by atoms with E-state index in [1.165, 1.54) is 87.2 Å². The second-order valence-electron chi connectivity index (χ2n) is 14.5. The summed E-state index contributed by atoms with van der Waals surface area (Å²) in [6.45, 7) is 2.19. The Morgan fingerprint density at radius 2 is 1.00 bits per heavy atom. The minimum absolute atomic E-state index is 0.842. The van der Waals surface area contributed by atoms with Crippen LogP contribution in [0, 0.1) is 0 Å². The number of rotatable bonds is 5. The van der Waals surface area contributed by atoms with Crippen molar-refractivity contribution in [1.29, 1.82) is 0 Å². The number of imidazole rings is 1. The van der Waals surface area contributed by atoms with Crippen molar-refractivity contribution in [1.82, 2.24) is 9.55 Å². The van der Waals surface area contributed by atoms with Crippen molar-refractivity contribution in [2.45, 2.75) is 13.3 Å². The van der Waals surface area contributed by atoms with Gasteiger partial charge < -0.3 is 0 Å². The van der Waals surface area contributed by atoms with Gasteiger partial charge in [0.05, 0.1) is 16.7 Å². The van der Waals surface area contributed by atoms with Crippen molar-refractivity contribution in [3.8, 4) is 39.1 Å². The van der Waals surface area contributed by atoms with Crippen LogP contribution >= 0.6 is 0 Å². The predicted octanol–water partition coefficient (Wildman–Crippen LogP) is 14.4. The van der Waals surface area contributed by atoms with Crippen LogP contribution in [0.2, 0.25) is 0 Å². The highest BCUT2D eigenvalue weighted by Crippen LogP contribution is 2.47. The second-order valence-corrected chi connectivity index (χ2v) is 14.5. The van der Waals surface area contributed by atoms with Crippen LogP contribution < -0.4 is 0 Å². The molecule has 0 atom stereocenters. The third-order valence-corrected chi connectivity index (χ3v) is 11.5. The van der Waals surface area contributed by atoms with E-state index in [0.29, 0.717) is 0 Å². The second kappa shape index (κ2) is 12.5. The lowest BCUT2D eigenvalue weighted by Gasteiger charge is -2.21. The molecule has 55 heavy (non-hydrogen) atoms. The first kappa shape index (κ1) is 31.5. The van der Waals surface area contributed by atoms with Gasteiger partial charge in [-0.2, -0.15) is 0 Å². The number of hydrogen-bond donors (Lipinski definition) is 0. The maximum absolute atomic E-state index is 5.05. The van der Waals surface area contributed by atoms with Crippen LogP contribution in [0.15, 0.2) is 188 Å². The largest absolute Gasteiger partial charge is 0.296 e. The topological polar surface area (TPSA) is 17.8 Å². The Labute approximate surface area is 319 Å². The highest BCUT2D eigenvalue weighted by atomic mass is 15.1. The zero-order valence-corrected chi connectivity index (χ0v) is 30.5. The summed E-state index contributed by atoms with van der Waals surface area (Å²) in [4.78, 5) is 5.05. The molecule has 0 unspecified atom stereocenters. The standard InChI is InChI=1S/C53H36N2/c1-2-51-54-48-22-12-13-23-50(48)55(51)49-31-30-44(40-18-8-9-19-41(40)49)53-43-21-11-10-20-42(43)52(45-29-28-37(32-47(45)53)34-14-4-3-5-15-34)38-27-26-36-25-24-35-16-6-7-17-39(35)46(36)33-38/h3-33H,2H2,1H3. The number of fused-ring (bicyclic) bond motifs is 7. The molecule has 2 heteroatoms. The molecule has 11 aromatic rings. The minimum Gasteiger partial charge on any atom is -0.296 e. The van der Waals surface area contributed by atoms with E-state index >= 15 is 0 Å². The monoisotopic (exact) mass is 700 g/mol. The smallest absolute Gasteiger partial charge is 0.114 e. The average molecular weight is 701 g/mol. The lowest BCUT2D eigenvalue weighted by molar-refractivity contribution is 0.913. The van der Waals surface area contributed by atoms with Gasteiger partial charge in [0.1, 0.15) is 5.82 Å². The molecule has 0 spiro atoms. The first-order chi connectivity index (χ1) is 27.2. The fourth-order valence-corrected chi connectivity index (χ4v) is 9.03. The van der Waals surface area contributed by atoms with E-state index in [4.69, 9.17) is 4.98 Å². The molecule has 0 aliphatic carbocycles. The highest BCUT2D eigenvalue weighted by molar-refractivity contribution is 6.25. The molecule has 0 amide bonds. The molecule has 0 saturated heterocycles. The molecular formula is C53H36N2. The molecule has 0 fully saturated rings. The Morgan fingerprint density at radius 1 is 0.400 bits per heavy atom. The van der Waals surface area contributed by atoms with Gasteiger partial charge in [0.25, 0.3) is 0 Å². The predicted molar refractivity (Wildman–Crippen MR) is 234 cm³/mol. The van der Waals surface area contributed by atoms with Gasteiger partial charge >= 0.3 is 0 Å². The Balaban J connectivity index is 1.25. The molecule has 10 aromatic carbocycles. The molecule has 2 nitrogen and oxygen atoms in total. The molecule has 0 aliphatic rings. The van der Waals surface area contributed by atoms with E-state index in [9.17, 15) is 0 Å². The summed E-state index contributed by atoms with van der Waals surface area (Å²) in [5.41, 5.74) is 10.7. The zero-order chi connectivity index (χ0) is 36.5. The van der Waals surface area contributed by atoms with E-state index in [1.54, 1.807) is 0 Å². The molecular weight excluding hydrogens is 665 g/mol. The first-order valence-corrected chi connectivity index (χ1v) is 19.2. The molecule has 258 valence electrons. The van der Waals surface area contributed by atoms with Crippen LogP contribution in [0.25, 0.3) is 104 Å². The summed E-state index contributed by atoms with van der Waals surface area (Å²) in [5, 5.41) is 12.5. The zero-order valence-electron chi connectivity index (χ0n) is 30.5. The lowest BCUT2D eigenvalue weighted by atomic mass is 9.83. The van der Waals surface area contributed by atoms with Gasteiger partial charge in [-0.25, -0.2) is 4.98 Å². The quantitative estimate of drug-likeness (QED) is 0.129. The van der Waals surface area contributed by atoms with Gasteiger partial charge in [-0.05, 0) is 112 Å². The fraction of sp³-hybridized carbons (Fsp3) is 0.0377. The lowest BCUT2D eigenvalue weighted by Crippen LogP contribution is -2.01. The van der Waals surface area contributed by atoms with E-state index < -0.39 is 0 Å². The third-order valence-electron chi connectivity index (χ3n) is 11.5. The van der Waals surface area contributed by atoms with Crippen molar-refractivity contribution in [3.63, 3.8) is 0 Å². The minimum atomic E-state index is 0.842. The number of aryl methyl sites for hydroxylation is 1. The molecule has 0 bridgehead atoms. The highest BCUT2D eigenvalue weighted by Gasteiger charge is 2.21. The van der Waals surface area contributed by atoms with Gasteiger partial charge in [0.2, 0.25) is 0 Å². The molecule has 0 radical (unpaired) electrons. The summed E-state index contributed by atoms with van der Waals surface area (Å²) < 4.78 is 2.36. The van der Waals surface area contributed by atoms with Crippen LogP contribution in [0.5, 0.6) is 0 Å². The number of hydrogen-bond acceptors (Lipinski definition) is 1. The van der Waals surface area contributed by atoms with Crippen molar-refractivity contribution in [2.75, 3.05) is 0 Å². The maximum atomic E-state index is 5.05. The van der Waals surface area contributed by atoms with E-state index in [2.05, 4.69) is 200 Å². The fourth-order valence-electron chi connectivity index (χ4n) is 9.03. The van der Waals surface area contributed by atoms with Crippen LogP contribution in [0.4, 0.5) is 0 Å². The number of para-hydroxylation sites is 2. The van der Waals surface area contributed by atoms with Crippen molar-refractivity contribution in [2.24, 2.45) is 0 Å². The average Bonchev–Trinajstić information content (AvgIpc) is 3.64. The number of nitrogens with zero attached hydrogens (tertiary/aromatic N) is 2.